The van der Waals surface area contributed by atoms with Gasteiger partial charge in [-0.2, -0.15) is 5.26 Å². The number of rotatable bonds is 7. The minimum absolute atomic E-state index is 0.233. The van der Waals surface area contributed by atoms with E-state index in [0.717, 1.165) is 5.56 Å². The molecule has 0 aromatic heterocycles. The molecule has 9 heteroatoms. The standard InChI is InChI=1S/C20H17Cl2N3O4/c1-2-28-18-9-12(7-14(10-23)19(26)25-20(24)27)4-6-17(18)29-11-13-3-5-15(21)16(22)8-13/h3-9H,2,11H2,1H3,(H3,24,25,26,27)/b14-7-. The van der Waals surface area contributed by atoms with E-state index in [1.165, 1.54) is 6.08 Å². The zero-order valence-electron chi connectivity index (χ0n) is 15.4. The molecule has 0 unspecified atom stereocenters. The van der Waals surface area contributed by atoms with Crippen LogP contribution in [-0.4, -0.2) is 18.5 Å². The van der Waals surface area contributed by atoms with Crippen molar-refractivity contribution in [3.63, 3.8) is 0 Å². The largest absolute Gasteiger partial charge is 0.490 e. The first kappa shape index (κ1) is 22.1. The van der Waals surface area contributed by atoms with Crippen LogP contribution in [0.5, 0.6) is 11.5 Å². The van der Waals surface area contributed by atoms with Gasteiger partial charge in [0.2, 0.25) is 0 Å². The normalized spacial score (nSPS) is 10.8. The van der Waals surface area contributed by atoms with E-state index in [4.69, 9.17) is 43.7 Å². The topological polar surface area (TPSA) is 114 Å². The molecule has 0 aliphatic heterocycles. The number of amides is 3. The number of carbonyl (C=O) groups excluding carboxylic acids is 2. The molecule has 0 heterocycles. The molecule has 0 radical (unpaired) electrons. The molecule has 2 aromatic rings. The van der Waals surface area contributed by atoms with E-state index in [1.54, 1.807) is 42.5 Å². The van der Waals surface area contributed by atoms with E-state index in [-0.39, 0.29) is 12.2 Å². The molecule has 0 saturated carbocycles. The average Bonchev–Trinajstić information content (AvgIpc) is 2.67. The lowest BCUT2D eigenvalue weighted by atomic mass is 10.1. The molecule has 0 spiro atoms. The molecule has 150 valence electrons. The van der Waals surface area contributed by atoms with E-state index in [0.29, 0.717) is 33.7 Å². The molecule has 7 nitrogen and oxygen atoms in total. The third-order valence-electron chi connectivity index (χ3n) is 3.56. The summed E-state index contributed by atoms with van der Waals surface area (Å²) in [6.07, 6.45) is 1.31. The number of imide groups is 1. The van der Waals surface area contributed by atoms with Gasteiger partial charge in [-0.25, -0.2) is 4.79 Å². The lowest BCUT2D eigenvalue weighted by Crippen LogP contribution is -2.35. The minimum atomic E-state index is -1.04. The second-order valence-corrected chi connectivity index (χ2v) is 6.48. The number of carbonyl (C=O) groups is 2. The van der Waals surface area contributed by atoms with E-state index in [2.05, 4.69) is 0 Å². The Morgan fingerprint density at radius 1 is 1.14 bits per heavy atom. The van der Waals surface area contributed by atoms with Gasteiger partial charge in [-0.1, -0.05) is 35.3 Å². The van der Waals surface area contributed by atoms with Crippen LogP contribution in [0.15, 0.2) is 42.0 Å². The van der Waals surface area contributed by atoms with Crippen LogP contribution in [0.3, 0.4) is 0 Å². The number of nitrogens with two attached hydrogens (primary N) is 1. The van der Waals surface area contributed by atoms with Crippen LogP contribution >= 0.6 is 23.2 Å². The first-order valence-electron chi connectivity index (χ1n) is 8.40. The maximum absolute atomic E-state index is 11.8. The number of urea groups is 1. The smallest absolute Gasteiger partial charge is 0.319 e. The summed E-state index contributed by atoms with van der Waals surface area (Å²) in [4.78, 5) is 22.6. The number of nitrogens with zero attached hydrogens (tertiary/aromatic N) is 1. The molecule has 3 amide bonds. The Bertz CT molecular complexity index is 1000. The highest BCUT2D eigenvalue weighted by Crippen LogP contribution is 2.31. The van der Waals surface area contributed by atoms with Gasteiger partial charge in [-0.05, 0) is 48.4 Å². The second kappa shape index (κ2) is 10.4. The summed E-state index contributed by atoms with van der Waals surface area (Å²) in [5, 5.41) is 11.9. The van der Waals surface area contributed by atoms with Gasteiger partial charge in [0.15, 0.2) is 11.5 Å². The molecular weight excluding hydrogens is 417 g/mol. The van der Waals surface area contributed by atoms with E-state index in [9.17, 15) is 9.59 Å². The summed E-state index contributed by atoms with van der Waals surface area (Å²) >= 11 is 11.9. The highest BCUT2D eigenvalue weighted by molar-refractivity contribution is 6.42. The summed E-state index contributed by atoms with van der Waals surface area (Å²) in [6.45, 7) is 2.42. The number of nitriles is 1. The molecule has 2 rings (SSSR count). The first-order valence-corrected chi connectivity index (χ1v) is 9.15. The molecule has 0 atom stereocenters. The van der Waals surface area contributed by atoms with E-state index < -0.39 is 11.9 Å². The maximum Gasteiger partial charge on any atom is 0.319 e. The van der Waals surface area contributed by atoms with Crippen molar-refractivity contribution in [1.82, 2.24) is 5.32 Å². The van der Waals surface area contributed by atoms with Gasteiger partial charge < -0.3 is 15.2 Å². The molecule has 3 N–H and O–H groups in total. The molecule has 0 aliphatic carbocycles. The van der Waals surface area contributed by atoms with Gasteiger partial charge in [0, 0.05) is 0 Å². The van der Waals surface area contributed by atoms with Crippen LogP contribution in [0.25, 0.3) is 6.08 Å². The van der Waals surface area contributed by atoms with E-state index >= 15 is 0 Å². The summed E-state index contributed by atoms with van der Waals surface area (Å²) in [6, 6.07) is 10.8. The lowest BCUT2D eigenvalue weighted by molar-refractivity contribution is -0.115. The van der Waals surface area contributed by atoms with Crippen LogP contribution in [0.2, 0.25) is 10.0 Å². The van der Waals surface area contributed by atoms with E-state index in [1.807, 2.05) is 12.2 Å². The second-order valence-electron chi connectivity index (χ2n) is 5.66. The number of nitrogens with one attached hydrogen (secondary N) is 1. The van der Waals surface area contributed by atoms with Crippen LogP contribution in [0.4, 0.5) is 4.79 Å². The molecule has 0 aliphatic rings. The third kappa shape index (κ3) is 6.42. The predicted octanol–water partition coefficient (Wildman–Crippen LogP) is 4.07. The van der Waals surface area contributed by atoms with Crippen LogP contribution in [-0.2, 0) is 11.4 Å². The fourth-order valence-electron chi connectivity index (χ4n) is 2.29. The van der Waals surface area contributed by atoms with Crippen molar-refractivity contribution in [2.45, 2.75) is 13.5 Å². The van der Waals surface area contributed by atoms with Crippen LogP contribution < -0.4 is 20.5 Å². The Kier molecular flexibility index (Phi) is 7.89. The highest BCUT2D eigenvalue weighted by atomic mass is 35.5. The zero-order chi connectivity index (χ0) is 21.4. The molecule has 0 bridgehead atoms. The van der Waals surface area contributed by atoms with Gasteiger partial charge in [0.1, 0.15) is 18.2 Å². The van der Waals surface area contributed by atoms with Gasteiger partial charge in [-0.3, -0.25) is 10.1 Å². The van der Waals surface area contributed by atoms with Crippen molar-refractivity contribution in [2.75, 3.05) is 6.61 Å². The monoisotopic (exact) mass is 433 g/mol. The molecule has 0 saturated heterocycles. The van der Waals surface area contributed by atoms with Gasteiger partial charge >= 0.3 is 6.03 Å². The van der Waals surface area contributed by atoms with Crippen molar-refractivity contribution < 1.29 is 19.1 Å². The van der Waals surface area contributed by atoms with Crippen LogP contribution in [0, 0.1) is 11.3 Å². The zero-order valence-corrected chi connectivity index (χ0v) is 16.9. The third-order valence-corrected chi connectivity index (χ3v) is 4.30. The number of benzene rings is 2. The summed E-state index contributed by atoms with van der Waals surface area (Å²) < 4.78 is 11.4. The predicted molar refractivity (Wildman–Crippen MR) is 110 cm³/mol. The van der Waals surface area contributed by atoms with Crippen molar-refractivity contribution >= 4 is 41.2 Å². The number of ether oxygens (including phenoxy) is 2. The Labute approximate surface area is 177 Å². The van der Waals surface area contributed by atoms with Crippen molar-refractivity contribution in [1.29, 1.82) is 5.26 Å². The Balaban J connectivity index is 2.24. The first-order chi connectivity index (χ1) is 13.8. The van der Waals surface area contributed by atoms with Gasteiger partial charge in [0.05, 0.1) is 16.7 Å². The maximum atomic E-state index is 11.8. The lowest BCUT2D eigenvalue weighted by Gasteiger charge is -2.13. The Hall–Kier alpha value is -3.21. The summed E-state index contributed by atoms with van der Waals surface area (Å²) in [5.41, 5.74) is 5.95. The van der Waals surface area contributed by atoms with Gasteiger partial charge in [0.25, 0.3) is 5.91 Å². The van der Waals surface area contributed by atoms with Crippen LogP contribution in [0.1, 0.15) is 18.1 Å². The SMILES string of the molecule is CCOc1cc(/C=C(/C#N)C(=O)NC(N)=O)ccc1OCc1ccc(Cl)c(Cl)c1. The summed E-state index contributed by atoms with van der Waals surface area (Å²) in [7, 11) is 0. The number of halogens is 2. The van der Waals surface area contributed by atoms with Crippen molar-refractivity contribution in [3.05, 3.63) is 63.1 Å². The highest BCUT2D eigenvalue weighted by Gasteiger charge is 2.12. The fourth-order valence-corrected chi connectivity index (χ4v) is 2.61. The molecule has 2 aromatic carbocycles. The van der Waals surface area contributed by atoms with Gasteiger partial charge in [-0.15, -0.1) is 0 Å². The Morgan fingerprint density at radius 3 is 2.52 bits per heavy atom. The van der Waals surface area contributed by atoms with Crippen molar-refractivity contribution in [3.8, 4) is 17.6 Å². The quantitative estimate of drug-likeness (QED) is 0.504. The fraction of sp³-hybridized carbons (Fsp3) is 0.150. The summed E-state index contributed by atoms with van der Waals surface area (Å²) in [5.74, 6) is 0.00183. The molecule has 0 fully saturated rings. The molecule has 29 heavy (non-hydrogen) atoms. The average molecular weight is 434 g/mol. The molecular formula is C20H17Cl2N3O4. The number of hydrogen-bond donors (Lipinski definition) is 2. The number of primary amides is 1. The van der Waals surface area contributed by atoms with Crippen molar-refractivity contribution in [2.24, 2.45) is 5.73 Å². The Morgan fingerprint density at radius 2 is 1.90 bits per heavy atom. The number of hydrogen-bond acceptors (Lipinski definition) is 5. The minimum Gasteiger partial charge on any atom is -0.490 e.